The van der Waals surface area contributed by atoms with Crippen molar-refractivity contribution in [2.75, 3.05) is 18.5 Å². The van der Waals surface area contributed by atoms with Gasteiger partial charge in [-0.15, -0.1) is 0 Å². The Morgan fingerprint density at radius 1 is 1.12 bits per heavy atom. The minimum absolute atomic E-state index is 0.0458. The molecule has 2 aromatic carbocycles. The van der Waals surface area contributed by atoms with Crippen molar-refractivity contribution in [3.05, 3.63) is 53.6 Å². The molecule has 24 heavy (non-hydrogen) atoms. The van der Waals surface area contributed by atoms with Crippen molar-refractivity contribution in [1.82, 2.24) is 0 Å². The molecule has 6 nitrogen and oxygen atoms in total. The summed E-state index contributed by atoms with van der Waals surface area (Å²) < 4.78 is 10.9. The number of nitrogens with one attached hydrogen (secondary N) is 1. The Labute approximate surface area is 138 Å². The number of hydrogen-bond donors (Lipinski definition) is 2. The Morgan fingerprint density at radius 3 is 2.54 bits per heavy atom. The highest BCUT2D eigenvalue weighted by molar-refractivity contribution is 6.09. The summed E-state index contributed by atoms with van der Waals surface area (Å²) in [6.07, 6.45) is 1.45. The lowest BCUT2D eigenvalue weighted by Crippen LogP contribution is -2.17. The van der Waals surface area contributed by atoms with Crippen molar-refractivity contribution in [3.8, 4) is 23.3 Å². The van der Waals surface area contributed by atoms with Gasteiger partial charge < -0.3 is 19.9 Å². The SMILES string of the molecule is N#CC(=Cc1ccc(O)cc1)C(=O)Nc1ccc2c(c1)OCCO2. The van der Waals surface area contributed by atoms with Gasteiger partial charge in [0.15, 0.2) is 11.5 Å². The third kappa shape index (κ3) is 3.47. The third-order valence-electron chi connectivity index (χ3n) is 3.37. The molecule has 0 saturated carbocycles. The van der Waals surface area contributed by atoms with Crippen LogP contribution in [0.3, 0.4) is 0 Å². The molecule has 1 heterocycles. The van der Waals surface area contributed by atoms with E-state index in [0.717, 1.165) is 0 Å². The smallest absolute Gasteiger partial charge is 0.266 e. The number of rotatable bonds is 3. The number of amides is 1. The van der Waals surface area contributed by atoms with Crippen LogP contribution < -0.4 is 14.8 Å². The van der Waals surface area contributed by atoms with Crippen molar-refractivity contribution >= 4 is 17.7 Å². The number of phenols is 1. The molecule has 2 N–H and O–H groups in total. The fourth-order valence-electron chi connectivity index (χ4n) is 2.21. The van der Waals surface area contributed by atoms with E-state index in [1.807, 2.05) is 6.07 Å². The van der Waals surface area contributed by atoms with Crippen molar-refractivity contribution in [2.24, 2.45) is 0 Å². The maximum absolute atomic E-state index is 12.3. The quantitative estimate of drug-likeness (QED) is 0.669. The molecule has 0 radical (unpaired) electrons. The molecule has 6 heteroatoms. The number of hydrogen-bond acceptors (Lipinski definition) is 5. The van der Waals surface area contributed by atoms with E-state index >= 15 is 0 Å². The first-order chi connectivity index (χ1) is 11.7. The lowest BCUT2D eigenvalue weighted by Gasteiger charge is -2.18. The van der Waals surface area contributed by atoms with Gasteiger partial charge in [0, 0.05) is 11.8 Å². The van der Waals surface area contributed by atoms with Gasteiger partial charge in [-0.2, -0.15) is 5.26 Å². The molecule has 1 amide bonds. The number of anilines is 1. The van der Waals surface area contributed by atoms with Crippen LogP contribution in [0, 0.1) is 11.3 Å². The molecule has 1 aliphatic rings. The molecule has 0 bridgehead atoms. The Balaban J connectivity index is 1.77. The number of ether oxygens (including phenoxy) is 2. The molecule has 0 fully saturated rings. The topological polar surface area (TPSA) is 91.6 Å². The van der Waals surface area contributed by atoms with E-state index in [0.29, 0.717) is 36.0 Å². The summed E-state index contributed by atoms with van der Waals surface area (Å²) >= 11 is 0. The summed E-state index contributed by atoms with van der Waals surface area (Å²) in [4.78, 5) is 12.3. The predicted molar refractivity (Wildman–Crippen MR) is 87.8 cm³/mol. The van der Waals surface area contributed by atoms with E-state index in [9.17, 15) is 15.2 Å². The number of fused-ring (bicyclic) bond motifs is 1. The lowest BCUT2D eigenvalue weighted by atomic mass is 10.1. The largest absolute Gasteiger partial charge is 0.508 e. The molecule has 3 rings (SSSR count). The molecule has 0 aromatic heterocycles. The first-order valence-corrected chi connectivity index (χ1v) is 7.27. The molecule has 2 aromatic rings. The van der Waals surface area contributed by atoms with Gasteiger partial charge in [-0.3, -0.25) is 4.79 Å². The lowest BCUT2D eigenvalue weighted by molar-refractivity contribution is -0.112. The molecule has 120 valence electrons. The van der Waals surface area contributed by atoms with Gasteiger partial charge >= 0.3 is 0 Å². The highest BCUT2D eigenvalue weighted by atomic mass is 16.6. The molecule has 0 saturated heterocycles. The number of nitriles is 1. The van der Waals surface area contributed by atoms with Crippen LogP contribution >= 0.6 is 0 Å². The van der Waals surface area contributed by atoms with E-state index in [4.69, 9.17) is 9.47 Å². The number of nitrogens with zero attached hydrogens (tertiary/aromatic N) is 1. The minimum atomic E-state index is -0.526. The van der Waals surface area contributed by atoms with Crippen LogP contribution in [0.1, 0.15) is 5.56 Å². The molecule has 1 aliphatic heterocycles. The van der Waals surface area contributed by atoms with Gasteiger partial charge in [-0.25, -0.2) is 0 Å². The van der Waals surface area contributed by atoms with Crippen molar-refractivity contribution < 1.29 is 19.4 Å². The summed E-state index contributed by atoms with van der Waals surface area (Å²) in [7, 11) is 0. The number of aromatic hydroxyl groups is 1. The number of carbonyl (C=O) groups is 1. The number of carbonyl (C=O) groups excluding carboxylic acids is 1. The normalized spacial score (nSPS) is 13.0. The van der Waals surface area contributed by atoms with E-state index in [-0.39, 0.29) is 11.3 Å². The van der Waals surface area contributed by atoms with Crippen LogP contribution in [0.15, 0.2) is 48.0 Å². The monoisotopic (exact) mass is 322 g/mol. The Kier molecular flexibility index (Phi) is 4.34. The van der Waals surface area contributed by atoms with Crippen LogP contribution in [-0.4, -0.2) is 24.2 Å². The zero-order valence-electron chi connectivity index (χ0n) is 12.7. The van der Waals surface area contributed by atoms with Gasteiger partial charge in [-0.1, -0.05) is 12.1 Å². The van der Waals surface area contributed by atoms with Gasteiger partial charge in [0.05, 0.1) is 0 Å². The van der Waals surface area contributed by atoms with E-state index in [1.165, 1.54) is 18.2 Å². The van der Waals surface area contributed by atoms with Crippen LogP contribution in [0.2, 0.25) is 0 Å². The first kappa shape index (κ1) is 15.4. The summed E-state index contributed by atoms with van der Waals surface area (Å²) in [5.41, 5.74) is 1.10. The molecular formula is C18H14N2O4. The summed E-state index contributed by atoms with van der Waals surface area (Å²) in [6.45, 7) is 0.946. The molecule has 0 spiro atoms. The molecule has 0 unspecified atom stereocenters. The fraction of sp³-hybridized carbons (Fsp3) is 0.111. The van der Waals surface area contributed by atoms with Gasteiger partial charge in [0.1, 0.15) is 30.6 Å². The van der Waals surface area contributed by atoms with Crippen LogP contribution in [0.4, 0.5) is 5.69 Å². The van der Waals surface area contributed by atoms with Crippen molar-refractivity contribution in [3.63, 3.8) is 0 Å². The highest BCUT2D eigenvalue weighted by Crippen LogP contribution is 2.32. The maximum atomic E-state index is 12.3. The Morgan fingerprint density at radius 2 is 1.83 bits per heavy atom. The third-order valence-corrected chi connectivity index (χ3v) is 3.37. The molecule has 0 atom stereocenters. The van der Waals surface area contributed by atoms with Crippen molar-refractivity contribution in [2.45, 2.75) is 0 Å². The standard InChI is InChI=1S/C18H14N2O4/c19-11-13(9-12-1-4-15(21)5-2-12)18(22)20-14-3-6-16-17(10-14)24-8-7-23-16/h1-6,9-10,21H,7-8H2,(H,20,22). The zero-order valence-corrected chi connectivity index (χ0v) is 12.7. The second-order valence-corrected chi connectivity index (χ2v) is 5.07. The van der Waals surface area contributed by atoms with E-state index in [1.54, 1.807) is 30.3 Å². The number of phenolic OH excluding ortho intramolecular Hbond substituents is 1. The molecular weight excluding hydrogens is 308 g/mol. The summed E-state index contributed by atoms with van der Waals surface area (Å²) in [5.74, 6) is 0.771. The van der Waals surface area contributed by atoms with E-state index < -0.39 is 5.91 Å². The Bertz CT molecular complexity index is 835. The maximum Gasteiger partial charge on any atom is 0.266 e. The van der Waals surface area contributed by atoms with Crippen LogP contribution in [0.25, 0.3) is 6.08 Å². The number of benzene rings is 2. The highest BCUT2D eigenvalue weighted by Gasteiger charge is 2.14. The van der Waals surface area contributed by atoms with E-state index in [2.05, 4.69) is 5.32 Å². The van der Waals surface area contributed by atoms with Gasteiger partial charge in [-0.05, 0) is 35.9 Å². The second kappa shape index (κ2) is 6.75. The van der Waals surface area contributed by atoms with Crippen molar-refractivity contribution in [1.29, 1.82) is 5.26 Å². The predicted octanol–water partition coefficient (Wildman–Crippen LogP) is 2.71. The molecule has 0 aliphatic carbocycles. The van der Waals surface area contributed by atoms with Crippen LogP contribution in [0.5, 0.6) is 17.2 Å². The average molecular weight is 322 g/mol. The summed E-state index contributed by atoms with van der Waals surface area (Å²) in [6, 6.07) is 13.1. The fourth-order valence-corrected chi connectivity index (χ4v) is 2.21. The van der Waals surface area contributed by atoms with Crippen LogP contribution in [-0.2, 0) is 4.79 Å². The van der Waals surface area contributed by atoms with Gasteiger partial charge in [0.25, 0.3) is 5.91 Å². The minimum Gasteiger partial charge on any atom is -0.508 e. The Hall–Kier alpha value is -3.46. The second-order valence-electron chi connectivity index (χ2n) is 5.07. The first-order valence-electron chi connectivity index (χ1n) is 7.27. The zero-order chi connectivity index (χ0) is 16.9. The summed E-state index contributed by atoms with van der Waals surface area (Å²) in [5, 5.41) is 21.1. The average Bonchev–Trinajstić information content (AvgIpc) is 2.61. The van der Waals surface area contributed by atoms with Gasteiger partial charge in [0.2, 0.25) is 0 Å².